The highest BCUT2D eigenvalue weighted by molar-refractivity contribution is 5.73. The van der Waals surface area contributed by atoms with E-state index in [1.165, 1.54) is 11.1 Å². The highest BCUT2D eigenvalue weighted by Crippen LogP contribution is 2.43. The molecule has 2 N–H and O–H groups in total. The lowest BCUT2D eigenvalue weighted by Gasteiger charge is -2.33. The zero-order chi connectivity index (χ0) is 18.5. The number of benzene rings is 2. The van der Waals surface area contributed by atoms with E-state index in [-0.39, 0.29) is 23.7 Å². The average molecular weight is 352 g/mol. The molecule has 2 aromatic rings. The maximum atomic E-state index is 10.8. The minimum Gasteiger partial charge on any atom is -0.481 e. The first-order chi connectivity index (χ1) is 12.6. The van der Waals surface area contributed by atoms with Gasteiger partial charge in [0, 0.05) is 0 Å². The van der Waals surface area contributed by atoms with E-state index in [4.69, 9.17) is 10.2 Å². The standard InChI is InChI=1S/2C11H12O2/c2*12-11(13)10-7-6-9(10)8-4-2-1-3-5-8/h2*1-5,9-10H,6-7H2,(H,12,13)/t2*9-,10+/m10/s1. The van der Waals surface area contributed by atoms with Gasteiger partial charge in [0.1, 0.15) is 0 Å². The molecule has 2 aliphatic carbocycles. The number of hydrogen-bond donors (Lipinski definition) is 2. The molecule has 4 atom stereocenters. The molecule has 2 fully saturated rings. The Bertz CT molecular complexity index is 676. The van der Waals surface area contributed by atoms with Gasteiger partial charge in [0.25, 0.3) is 0 Å². The summed E-state index contributed by atoms with van der Waals surface area (Å²) in [5.41, 5.74) is 2.34. The van der Waals surface area contributed by atoms with Crippen LogP contribution in [0.15, 0.2) is 60.7 Å². The Labute approximate surface area is 153 Å². The Morgan fingerprint density at radius 2 is 0.962 bits per heavy atom. The second kappa shape index (κ2) is 8.17. The van der Waals surface area contributed by atoms with Gasteiger partial charge >= 0.3 is 11.9 Å². The molecule has 0 aliphatic heterocycles. The molecule has 26 heavy (non-hydrogen) atoms. The molecule has 2 aliphatic rings. The zero-order valence-electron chi connectivity index (χ0n) is 14.6. The fraction of sp³-hybridized carbons (Fsp3) is 0.364. The number of rotatable bonds is 4. The predicted molar refractivity (Wildman–Crippen MR) is 99.1 cm³/mol. The molecule has 0 heterocycles. The van der Waals surface area contributed by atoms with Gasteiger partial charge in [0.2, 0.25) is 0 Å². The summed E-state index contributed by atoms with van der Waals surface area (Å²) in [5, 5.41) is 17.7. The van der Waals surface area contributed by atoms with Gasteiger partial charge in [0.05, 0.1) is 11.8 Å². The van der Waals surface area contributed by atoms with Crippen molar-refractivity contribution in [2.75, 3.05) is 0 Å². The fourth-order valence-corrected chi connectivity index (χ4v) is 3.79. The topological polar surface area (TPSA) is 74.6 Å². The quantitative estimate of drug-likeness (QED) is 0.848. The van der Waals surface area contributed by atoms with Crippen molar-refractivity contribution < 1.29 is 19.8 Å². The molecular weight excluding hydrogens is 328 g/mol. The van der Waals surface area contributed by atoms with E-state index in [1.54, 1.807) is 0 Å². The van der Waals surface area contributed by atoms with Gasteiger partial charge < -0.3 is 10.2 Å². The normalized spacial score (nSPS) is 26.5. The maximum absolute atomic E-state index is 10.8. The number of hydrogen-bond acceptors (Lipinski definition) is 2. The van der Waals surface area contributed by atoms with E-state index >= 15 is 0 Å². The van der Waals surface area contributed by atoms with Crippen LogP contribution in [0.5, 0.6) is 0 Å². The van der Waals surface area contributed by atoms with Crippen LogP contribution in [0, 0.1) is 11.8 Å². The first kappa shape index (κ1) is 18.2. The highest BCUT2D eigenvalue weighted by Gasteiger charge is 2.37. The molecule has 0 radical (unpaired) electrons. The molecule has 4 heteroatoms. The maximum Gasteiger partial charge on any atom is 0.307 e. The third kappa shape index (κ3) is 3.96. The van der Waals surface area contributed by atoms with Crippen molar-refractivity contribution >= 4 is 11.9 Å². The van der Waals surface area contributed by atoms with E-state index in [1.807, 2.05) is 60.7 Å². The Balaban J connectivity index is 0.000000151. The molecule has 0 aromatic heterocycles. The second-order valence-corrected chi connectivity index (χ2v) is 7.08. The van der Waals surface area contributed by atoms with Crippen molar-refractivity contribution in [3.63, 3.8) is 0 Å². The van der Waals surface area contributed by atoms with Crippen LogP contribution in [-0.4, -0.2) is 22.2 Å². The smallest absolute Gasteiger partial charge is 0.307 e. The van der Waals surface area contributed by atoms with E-state index in [9.17, 15) is 9.59 Å². The molecule has 0 saturated heterocycles. The Hall–Kier alpha value is -2.62. The number of carboxylic acids is 2. The van der Waals surface area contributed by atoms with Crippen LogP contribution in [0.1, 0.15) is 48.6 Å². The predicted octanol–water partition coefficient (Wildman–Crippen LogP) is 4.53. The van der Waals surface area contributed by atoms with Gasteiger partial charge in [0.15, 0.2) is 0 Å². The summed E-state index contributed by atoms with van der Waals surface area (Å²) >= 11 is 0. The van der Waals surface area contributed by atoms with Gasteiger partial charge in [-0.15, -0.1) is 0 Å². The minimum absolute atomic E-state index is 0.151. The Morgan fingerprint density at radius 1 is 0.615 bits per heavy atom. The molecule has 0 spiro atoms. The summed E-state index contributed by atoms with van der Waals surface area (Å²) in [6.45, 7) is 0. The van der Waals surface area contributed by atoms with Crippen molar-refractivity contribution in [1.82, 2.24) is 0 Å². The highest BCUT2D eigenvalue weighted by atomic mass is 16.4. The van der Waals surface area contributed by atoms with Crippen molar-refractivity contribution in [2.45, 2.75) is 37.5 Å². The molecule has 4 rings (SSSR count). The molecule has 0 amide bonds. The van der Waals surface area contributed by atoms with Crippen molar-refractivity contribution in [3.05, 3.63) is 71.8 Å². The van der Waals surface area contributed by atoms with Crippen LogP contribution >= 0.6 is 0 Å². The van der Waals surface area contributed by atoms with Gasteiger partial charge in [-0.25, -0.2) is 0 Å². The summed E-state index contributed by atoms with van der Waals surface area (Å²) in [6, 6.07) is 19.8. The van der Waals surface area contributed by atoms with Crippen LogP contribution in [0.2, 0.25) is 0 Å². The van der Waals surface area contributed by atoms with Crippen molar-refractivity contribution in [2.24, 2.45) is 11.8 Å². The molecular formula is C22H24O4. The lowest BCUT2D eigenvalue weighted by atomic mass is 9.70. The van der Waals surface area contributed by atoms with Crippen LogP contribution in [-0.2, 0) is 9.59 Å². The summed E-state index contributed by atoms with van der Waals surface area (Å²) in [4.78, 5) is 21.5. The van der Waals surface area contributed by atoms with Crippen LogP contribution in [0.25, 0.3) is 0 Å². The van der Waals surface area contributed by atoms with Crippen molar-refractivity contribution in [3.8, 4) is 0 Å². The lowest BCUT2D eigenvalue weighted by Crippen LogP contribution is -2.30. The van der Waals surface area contributed by atoms with Gasteiger partial charge in [-0.3, -0.25) is 9.59 Å². The monoisotopic (exact) mass is 352 g/mol. The third-order valence-electron chi connectivity index (χ3n) is 5.64. The second-order valence-electron chi connectivity index (χ2n) is 7.08. The Morgan fingerprint density at radius 3 is 1.19 bits per heavy atom. The molecule has 2 saturated carbocycles. The van der Waals surface area contributed by atoms with Gasteiger partial charge in [-0.1, -0.05) is 60.7 Å². The molecule has 0 unspecified atom stereocenters. The van der Waals surface area contributed by atoms with E-state index in [0.29, 0.717) is 0 Å². The lowest BCUT2D eigenvalue weighted by molar-refractivity contribution is -0.146. The van der Waals surface area contributed by atoms with Crippen LogP contribution in [0.4, 0.5) is 0 Å². The molecule has 0 bridgehead atoms. The summed E-state index contributed by atoms with van der Waals surface area (Å²) in [5.74, 6) is -1.11. The number of carboxylic acid groups (broad SMARTS) is 2. The van der Waals surface area contributed by atoms with Gasteiger partial charge in [-0.2, -0.15) is 0 Å². The first-order valence-electron chi connectivity index (χ1n) is 9.13. The van der Waals surface area contributed by atoms with E-state index in [0.717, 1.165) is 25.7 Å². The first-order valence-corrected chi connectivity index (χ1v) is 9.13. The average Bonchev–Trinajstić information content (AvgIpc) is 2.54. The zero-order valence-corrected chi connectivity index (χ0v) is 14.6. The fourth-order valence-electron chi connectivity index (χ4n) is 3.79. The molecule has 2 aromatic carbocycles. The SMILES string of the molecule is O=C(O)[C@@H]1CC[C@H]1c1ccccc1.O=C(O)[C@H]1CC[C@@H]1c1ccccc1. The number of aliphatic carboxylic acids is 2. The van der Waals surface area contributed by atoms with Gasteiger partial charge in [-0.05, 0) is 48.6 Å². The third-order valence-corrected chi connectivity index (χ3v) is 5.64. The largest absolute Gasteiger partial charge is 0.481 e. The van der Waals surface area contributed by atoms with E-state index in [2.05, 4.69) is 0 Å². The van der Waals surface area contributed by atoms with Crippen molar-refractivity contribution in [1.29, 1.82) is 0 Å². The van der Waals surface area contributed by atoms with E-state index < -0.39 is 11.9 Å². The van der Waals surface area contributed by atoms with Crippen LogP contribution in [0.3, 0.4) is 0 Å². The molecule has 4 nitrogen and oxygen atoms in total. The number of carbonyl (C=O) groups is 2. The summed E-state index contributed by atoms with van der Waals surface area (Å²) in [6.07, 6.45) is 3.69. The summed E-state index contributed by atoms with van der Waals surface area (Å²) < 4.78 is 0. The van der Waals surface area contributed by atoms with Crippen LogP contribution < -0.4 is 0 Å². The molecule has 136 valence electrons. The Kier molecular flexibility index (Phi) is 5.71. The minimum atomic E-state index is -0.653. The summed E-state index contributed by atoms with van der Waals surface area (Å²) in [7, 11) is 0.